The summed E-state index contributed by atoms with van der Waals surface area (Å²) in [5.41, 5.74) is 15.9. The van der Waals surface area contributed by atoms with Gasteiger partial charge in [-0.05, 0) is 42.5 Å². The molecule has 30 heavy (non-hydrogen) atoms. The highest BCUT2D eigenvalue weighted by atomic mass is 19.1. The van der Waals surface area contributed by atoms with Crippen molar-refractivity contribution in [3.63, 3.8) is 0 Å². The molecule has 3 aromatic heterocycles. The number of rotatable bonds is 3. The summed E-state index contributed by atoms with van der Waals surface area (Å²) in [5.74, 6) is 0.273. The molecule has 146 valence electrons. The lowest BCUT2D eigenvalue weighted by Crippen LogP contribution is -2.04. The smallest absolute Gasteiger partial charge is 0.165 e. The minimum Gasteiger partial charge on any atom is -0.399 e. The summed E-state index contributed by atoms with van der Waals surface area (Å²) in [4.78, 5) is 13.7. The zero-order chi connectivity index (χ0) is 20.7. The fraction of sp³-hybridized carbons (Fsp3) is 0. The predicted octanol–water partition coefficient (Wildman–Crippen LogP) is 4.45. The van der Waals surface area contributed by atoms with E-state index in [1.165, 1.54) is 6.07 Å². The van der Waals surface area contributed by atoms with E-state index in [9.17, 15) is 4.39 Å². The Morgan fingerprint density at radius 2 is 1.67 bits per heavy atom. The standard InChI is InChI=1S/C23H17FN6/c24-17-13-15(25)8-11-20(17)30-22(16-7-4-12-27-21(16)26)29-19-10-9-18(28-23(19)30)14-5-2-1-3-6-14/h1-13H,25H2,(H2,26,27). The van der Waals surface area contributed by atoms with Crippen LogP contribution in [0.2, 0.25) is 0 Å². The highest BCUT2D eigenvalue weighted by Crippen LogP contribution is 2.32. The molecule has 6 nitrogen and oxygen atoms in total. The van der Waals surface area contributed by atoms with E-state index >= 15 is 0 Å². The van der Waals surface area contributed by atoms with Gasteiger partial charge in [-0.3, -0.25) is 4.57 Å². The molecule has 5 rings (SSSR count). The van der Waals surface area contributed by atoms with E-state index in [4.69, 9.17) is 21.4 Å². The van der Waals surface area contributed by atoms with Crippen molar-refractivity contribution in [2.75, 3.05) is 11.5 Å². The number of nitrogens with two attached hydrogens (primary N) is 2. The molecule has 2 aromatic carbocycles. The predicted molar refractivity (Wildman–Crippen MR) is 116 cm³/mol. The Kier molecular flexibility index (Phi) is 4.14. The number of hydrogen-bond acceptors (Lipinski definition) is 5. The van der Waals surface area contributed by atoms with Gasteiger partial charge in [-0.25, -0.2) is 19.3 Å². The minimum absolute atomic E-state index is 0.280. The summed E-state index contributed by atoms with van der Waals surface area (Å²) >= 11 is 0. The summed E-state index contributed by atoms with van der Waals surface area (Å²) in [6.07, 6.45) is 1.60. The molecular weight excluding hydrogens is 379 g/mol. The summed E-state index contributed by atoms with van der Waals surface area (Å²) in [5, 5.41) is 0. The molecule has 0 aliphatic carbocycles. The number of imidazole rings is 1. The number of nitrogen functional groups attached to an aromatic ring is 2. The van der Waals surface area contributed by atoms with E-state index in [0.717, 1.165) is 11.3 Å². The molecule has 0 spiro atoms. The summed E-state index contributed by atoms with van der Waals surface area (Å²) in [6, 6.07) is 21.6. The zero-order valence-electron chi connectivity index (χ0n) is 15.8. The molecule has 0 aliphatic heterocycles. The highest BCUT2D eigenvalue weighted by Gasteiger charge is 2.20. The SMILES string of the molecule is Nc1ccc(-n2c(-c3cccnc3N)nc3ccc(-c4ccccc4)nc32)c(F)c1. The van der Waals surface area contributed by atoms with Crippen molar-refractivity contribution < 1.29 is 4.39 Å². The van der Waals surface area contributed by atoms with E-state index in [2.05, 4.69) is 4.98 Å². The molecule has 3 heterocycles. The number of benzene rings is 2. The second-order valence-electron chi connectivity index (χ2n) is 6.82. The van der Waals surface area contributed by atoms with E-state index < -0.39 is 5.82 Å². The fourth-order valence-electron chi connectivity index (χ4n) is 3.45. The van der Waals surface area contributed by atoms with Gasteiger partial charge in [0, 0.05) is 17.4 Å². The van der Waals surface area contributed by atoms with Crippen LogP contribution in [0.4, 0.5) is 15.9 Å². The Bertz CT molecular complexity index is 1380. The van der Waals surface area contributed by atoms with E-state index in [0.29, 0.717) is 34.1 Å². The third-order valence-electron chi connectivity index (χ3n) is 4.87. The molecule has 4 N–H and O–H groups in total. The second-order valence-corrected chi connectivity index (χ2v) is 6.82. The van der Waals surface area contributed by atoms with E-state index in [1.807, 2.05) is 42.5 Å². The molecule has 0 atom stereocenters. The van der Waals surface area contributed by atoms with Crippen LogP contribution in [0.3, 0.4) is 0 Å². The van der Waals surface area contributed by atoms with Gasteiger partial charge >= 0.3 is 0 Å². The topological polar surface area (TPSA) is 95.6 Å². The highest BCUT2D eigenvalue weighted by molar-refractivity contribution is 5.84. The lowest BCUT2D eigenvalue weighted by molar-refractivity contribution is 0.620. The number of anilines is 2. The Morgan fingerprint density at radius 3 is 2.43 bits per heavy atom. The number of fused-ring (bicyclic) bond motifs is 1. The van der Waals surface area contributed by atoms with Crippen LogP contribution in [0.25, 0.3) is 39.5 Å². The van der Waals surface area contributed by atoms with Crippen molar-refractivity contribution in [1.82, 2.24) is 19.5 Å². The van der Waals surface area contributed by atoms with Crippen molar-refractivity contribution in [2.24, 2.45) is 0 Å². The van der Waals surface area contributed by atoms with Gasteiger partial charge in [-0.15, -0.1) is 0 Å². The largest absolute Gasteiger partial charge is 0.399 e. The summed E-state index contributed by atoms with van der Waals surface area (Å²) in [6.45, 7) is 0. The fourth-order valence-corrected chi connectivity index (χ4v) is 3.45. The van der Waals surface area contributed by atoms with Crippen LogP contribution in [0.1, 0.15) is 0 Å². The van der Waals surface area contributed by atoms with Gasteiger partial charge in [0.05, 0.1) is 16.9 Å². The molecule has 0 radical (unpaired) electrons. The van der Waals surface area contributed by atoms with E-state index in [-0.39, 0.29) is 5.69 Å². The molecule has 0 amide bonds. The van der Waals surface area contributed by atoms with Crippen LogP contribution in [0.15, 0.2) is 79.0 Å². The zero-order valence-corrected chi connectivity index (χ0v) is 15.8. The van der Waals surface area contributed by atoms with Crippen LogP contribution in [-0.4, -0.2) is 19.5 Å². The molecule has 5 aromatic rings. The second kappa shape index (κ2) is 6.97. The molecule has 0 fully saturated rings. The molecule has 0 saturated carbocycles. The maximum atomic E-state index is 15.0. The number of pyridine rings is 2. The van der Waals surface area contributed by atoms with E-state index in [1.54, 1.807) is 35.0 Å². The molecular formula is C23H17FN6. The average molecular weight is 396 g/mol. The summed E-state index contributed by atoms with van der Waals surface area (Å²) in [7, 11) is 0. The molecule has 7 heteroatoms. The maximum absolute atomic E-state index is 15.0. The molecule has 0 aliphatic rings. The van der Waals surface area contributed by atoms with Crippen molar-refractivity contribution in [3.05, 3.63) is 84.8 Å². The molecule has 0 saturated heterocycles. The Hall–Kier alpha value is -4.26. The first-order chi connectivity index (χ1) is 14.6. The average Bonchev–Trinajstić information content (AvgIpc) is 3.13. The van der Waals surface area contributed by atoms with Crippen LogP contribution in [0, 0.1) is 5.82 Å². The quantitative estimate of drug-likeness (QED) is 0.439. The number of hydrogen-bond donors (Lipinski definition) is 2. The van der Waals surface area contributed by atoms with Gasteiger partial charge in [0.2, 0.25) is 0 Å². The van der Waals surface area contributed by atoms with Crippen LogP contribution in [-0.2, 0) is 0 Å². The van der Waals surface area contributed by atoms with Gasteiger partial charge in [0.25, 0.3) is 0 Å². The lowest BCUT2D eigenvalue weighted by atomic mass is 10.1. The van der Waals surface area contributed by atoms with Crippen molar-refractivity contribution in [2.45, 2.75) is 0 Å². The van der Waals surface area contributed by atoms with Gasteiger partial charge < -0.3 is 11.5 Å². The van der Waals surface area contributed by atoms with Gasteiger partial charge in [-0.2, -0.15) is 0 Å². The van der Waals surface area contributed by atoms with Crippen molar-refractivity contribution >= 4 is 22.7 Å². The minimum atomic E-state index is -0.482. The Labute approximate surface area is 171 Å². The summed E-state index contributed by atoms with van der Waals surface area (Å²) < 4.78 is 16.6. The number of halogens is 1. The third-order valence-corrected chi connectivity index (χ3v) is 4.87. The van der Waals surface area contributed by atoms with Crippen molar-refractivity contribution in [3.8, 4) is 28.3 Å². The Balaban J connectivity index is 1.84. The Morgan fingerprint density at radius 1 is 0.833 bits per heavy atom. The normalized spacial score (nSPS) is 11.1. The lowest BCUT2D eigenvalue weighted by Gasteiger charge is -2.12. The van der Waals surface area contributed by atoms with Gasteiger partial charge in [0.1, 0.15) is 17.2 Å². The number of aromatic nitrogens is 4. The third kappa shape index (κ3) is 2.93. The van der Waals surface area contributed by atoms with Gasteiger partial charge in [-0.1, -0.05) is 30.3 Å². The molecule has 0 bridgehead atoms. The van der Waals surface area contributed by atoms with Gasteiger partial charge in [0.15, 0.2) is 11.5 Å². The van der Waals surface area contributed by atoms with Crippen LogP contribution in [0.5, 0.6) is 0 Å². The first-order valence-corrected chi connectivity index (χ1v) is 9.33. The maximum Gasteiger partial charge on any atom is 0.165 e. The van der Waals surface area contributed by atoms with Crippen LogP contribution < -0.4 is 11.5 Å². The molecule has 0 unspecified atom stereocenters. The van der Waals surface area contributed by atoms with Crippen molar-refractivity contribution in [1.29, 1.82) is 0 Å². The number of nitrogens with zero attached hydrogens (tertiary/aromatic N) is 4. The monoisotopic (exact) mass is 396 g/mol. The first kappa shape index (κ1) is 17.8. The van der Waals surface area contributed by atoms with Crippen LogP contribution >= 0.6 is 0 Å². The first-order valence-electron chi connectivity index (χ1n) is 9.33.